The molecule has 4 rings (SSSR count). The Morgan fingerprint density at radius 2 is 1.90 bits per heavy atom. The Bertz CT molecular complexity index is 511. The SMILES string of the molecule is c1c(CNC2CC2)c(OCOCC2CC2)cc2c1OCO2. The second-order valence-corrected chi connectivity index (χ2v) is 6.04. The van der Waals surface area contributed by atoms with Gasteiger partial charge in [0.2, 0.25) is 6.79 Å². The van der Waals surface area contributed by atoms with Gasteiger partial charge in [-0.25, -0.2) is 0 Å². The lowest BCUT2D eigenvalue weighted by atomic mass is 10.1. The van der Waals surface area contributed by atoms with Crippen molar-refractivity contribution in [3.05, 3.63) is 17.7 Å². The van der Waals surface area contributed by atoms with Gasteiger partial charge in [0.25, 0.3) is 0 Å². The van der Waals surface area contributed by atoms with Crippen LogP contribution in [0.2, 0.25) is 0 Å². The Morgan fingerprint density at radius 3 is 2.67 bits per heavy atom. The number of nitrogens with one attached hydrogen (secondary N) is 1. The average Bonchev–Trinajstić information content (AvgIpc) is 3.40. The van der Waals surface area contributed by atoms with Crippen LogP contribution in [0.4, 0.5) is 0 Å². The maximum Gasteiger partial charge on any atom is 0.231 e. The van der Waals surface area contributed by atoms with Crippen LogP contribution < -0.4 is 19.5 Å². The zero-order valence-electron chi connectivity index (χ0n) is 12.1. The molecule has 0 amide bonds. The first kappa shape index (κ1) is 13.2. The Labute approximate surface area is 124 Å². The van der Waals surface area contributed by atoms with E-state index in [-0.39, 0.29) is 6.79 Å². The average molecular weight is 291 g/mol. The molecule has 2 saturated carbocycles. The summed E-state index contributed by atoms with van der Waals surface area (Å²) in [6.45, 7) is 2.18. The third-order valence-electron chi connectivity index (χ3n) is 4.06. The molecule has 1 aliphatic heterocycles. The Hall–Kier alpha value is -1.46. The zero-order chi connectivity index (χ0) is 14.1. The van der Waals surface area contributed by atoms with Gasteiger partial charge in [0.05, 0.1) is 6.61 Å². The van der Waals surface area contributed by atoms with Crippen LogP contribution in [0.25, 0.3) is 0 Å². The smallest absolute Gasteiger partial charge is 0.231 e. The largest absolute Gasteiger partial charge is 0.467 e. The van der Waals surface area contributed by atoms with Crippen molar-refractivity contribution in [2.24, 2.45) is 5.92 Å². The highest BCUT2D eigenvalue weighted by molar-refractivity contribution is 5.51. The molecular formula is C16H21NO4. The molecule has 1 aromatic carbocycles. The third-order valence-corrected chi connectivity index (χ3v) is 4.06. The number of rotatable bonds is 8. The lowest BCUT2D eigenvalue weighted by Gasteiger charge is -2.13. The fourth-order valence-corrected chi connectivity index (χ4v) is 2.38. The van der Waals surface area contributed by atoms with E-state index in [1.165, 1.54) is 25.7 Å². The van der Waals surface area contributed by atoms with Crippen molar-refractivity contribution >= 4 is 0 Å². The normalized spacial score (nSPS) is 19.8. The van der Waals surface area contributed by atoms with E-state index in [2.05, 4.69) is 5.32 Å². The van der Waals surface area contributed by atoms with Crippen LogP contribution in [-0.4, -0.2) is 26.2 Å². The molecule has 5 nitrogen and oxygen atoms in total. The standard InChI is InChI=1S/C16H21NO4/c1-2-11(1)8-18-9-19-14-6-16-15(20-10-21-16)5-12(14)7-17-13-3-4-13/h5-6,11,13,17H,1-4,7-10H2. The van der Waals surface area contributed by atoms with Crippen LogP contribution in [0.1, 0.15) is 31.2 Å². The molecule has 1 aromatic rings. The van der Waals surface area contributed by atoms with Crippen molar-refractivity contribution in [1.29, 1.82) is 0 Å². The van der Waals surface area contributed by atoms with Gasteiger partial charge in [-0.05, 0) is 37.7 Å². The Morgan fingerprint density at radius 1 is 1.10 bits per heavy atom. The molecule has 1 heterocycles. The van der Waals surface area contributed by atoms with Gasteiger partial charge in [-0.3, -0.25) is 0 Å². The topological polar surface area (TPSA) is 49.0 Å². The van der Waals surface area contributed by atoms with Crippen molar-refractivity contribution in [2.45, 2.75) is 38.3 Å². The molecule has 0 atom stereocenters. The van der Waals surface area contributed by atoms with Crippen LogP contribution >= 0.6 is 0 Å². The number of benzene rings is 1. The first-order chi connectivity index (χ1) is 10.4. The maximum absolute atomic E-state index is 5.80. The minimum Gasteiger partial charge on any atom is -0.467 e. The highest BCUT2D eigenvalue weighted by atomic mass is 16.7. The molecule has 1 N–H and O–H groups in total. The molecule has 3 aliphatic rings. The highest BCUT2D eigenvalue weighted by Crippen LogP contribution is 2.38. The summed E-state index contributed by atoms with van der Waals surface area (Å²) >= 11 is 0. The van der Waals surface area contributed by atoms with Crippen molar-refractivity contribution in [3.63, 3.8) is 0 Å². The monoisotopic (exact) mass is 291 g/mol. The van der Waals surface area contributed by atoms with E-state index in [1.807, 2.05) is 12.1 Å². The van der Waals surface area contributed by atoms with E-state index in [4.69, 9.17) is 18.9 Å². The first-order valence-electron chi connectivity index (χ1n) is 7.75. The zero-order valence-corrected chi connectivity index (χ0v) is 12.1. The van der Waals surface area contributed by atoms with E-state index in [9.17, 15) is 0 Å². The fourth-order valence-electron chi connectivity index (χ4n) is 2.38. The summed E-state index contributed by atoms with van der Waals surface area (Å²) in [6, 6.07) is 4.58. The Balaban J connectivity index is 1.40. The molecule has 2 aliphatic carbocycles. The van der Waals surface area contributed by atoms with Crippen molar-refractivity contribution in [2.75, 3.05) is 20.2 Å². The second kappa shape index (κ2) is 5.73. The van der Waals surface area contributed by atoms with Crippen molar-refractivity contribution in [3.8, 4) is 17.2 Å². The molecular weight excluding hydrogens is 270 g/mol. The van der Waals surface area contributed by atoms with Crippen LogP contribution in [0.15, 0.2) is 12.1 Å². The fraction of sp³-hybridized carbons (Fsp3) is 0.625. The summed E-state index contributed by atoms with van der Waals surface area (Å²) in [7, 11) is 0. The highest BCUT2D eigenvalue weighted by Gasteiger charge is 2.23. The molecule has 0 bridgehead atoms. The number of hydrogen-bond acceptors (Lipinski definition) is 5. The lowest BCUT2D eigenvalue weighted by molar-refractivity contribution is 0.00934. The summed E-state index contributed by atoms with van der Waals surface area (Å²) in [4.78, 5) is 0. The molecule has 0 radical (unpaired) electrons. The van der Waals surface area contributed by atoms with Gasteiger partial charge in [0.1, 0.15) is 5.75 Å². The van der Waals surface area contributed by atoms with Gasteiger partial charge in [-0.1, -0.05) is 0 Å². The summed E-state index contributed by atoms with van der Waals surface area (Å²) in [5.74, 6) is 3.13. The second-order valence-electron chi connectivity index (χ2n) is 6.04. The minimum atomic E-state index is 0.284. The van der Waals surface area contributed by atoms with E-state index in [0.29, 0.717) is 12.8 Å². The molecule has 5 heteroatoms. The predicted octanol–water partition coefficient (Wildman–Crippen LogP) is 2.43. The molecule has 0 saturated heterocycles. The first-order valence-corrected chi connectivity index (χ1v) is 7.75. The van der Waals surface area contributed by atoms with E-state index < -0.39 is 0 Å². The summed E-state index contributed by atoms with van der Waals surface area (Å²) < 4.78 is 22.2. The van der Waals surface area contributed by atoms with E-state index >= 15 is 0 Å². The molecule has 0 spiro atoms. The minimum absolute atomic E-state index is 0.284. The molecule has 0 aromatic heterocycles. The van der Waals surface area contributed by atoms with Crippen LogP contribution in [-0.2, 0) is 11.3 Å². The van der Waals surface area contributed by atoms with Gasteiger partial charge in [-0.2, -0.15) is 0 Å². The predicted molar refractivity (Wildman–Crippen MR) is 76.6 cm³/mol. The molecule has 21 heavy (non-hydrogen) atoms. The molecule has 2 fully saturated rings. The number of ether oxygens (including phenoxy) is 4. The van der Waals surface area contributed by atoms with Crippen LogP contribution in [0.5, 0.6) is 17.2 Å². The van der Waals surface area contributed by atoms with Crippen molar-refractivity contribution in [1.82, 2.24) is 5.32 Å². The summed E-state index contributed by atoms with van der Waals surface area (Å²) in [5, 5.41) is 3.51. The summed E-state index contributed by atoms with van der Waals surface area (Å²) in [6.07, 6.45) is 5.12. The number of hydrogen-bond donors (Lipinski definition) is 1. The van der Waals surface area contributed by atoms with E-state index in [1.54, 1.807) is 0 Å². The summed E-state index contributed by atoms with van der Waals surface area (Å²) in [5.41, 5.74) is 1.10. The van der Waals surface area contributed by atoms with Crippen LogP contribution in [0, 0.1) is 5.92 Å². The van der Waals surface area contributed by atoms with Gasteiger partial charge in [-0.15, -0.1) is 0 Å². The van der Waals surface area contributed by atoms with Gasteiger partial charge in [0.15, 0.2) is 18.3 Å². The van der Waals surface area contributed by atoms with Crippen molar-refractivity contribution < 1.29 is 18.9 Å². The van der Waals surface area contributed by atoms with Crippen LogP contribution in [0.3, 0.4) is 0 Å². The third kappa shape index (κ3) is 3.41. The van der Waals surface area contributed by atoms with Gasteiger partial charge < -0.3 is 24.3 Å². The van der Waals surface area contributed by atoms with Gasteiger partial charge >= 0.3 is 0 Å². The Kier molecular flexibility index (Phi) is 3.61. The molecule has 114 valence electrons. The molecule has 0 unspecified atom stereocenters. The quantitative estimate of drug-likeness (QED) is 0.589. The lowest BCUT2D eigenvalue weighted by Crippen LogP contribution is -2.16. The van der Waals surface area contributed by atoms with E-state index in [0.717, 1.165) is 41.9 Å². The van der Waals surface area contributed by atoms with Gasteiger partial charge in [0, 0.05) is 24.2 Å². The maximum atomic E-state index is 5.80. The number of fused-ring (bicyclic) bond motifs is 1.